The summed E-state index contributed by atoms with van der Waals surface area (Å²) in [6.07, 6.45) is 1.31. The number of esters is 1. The smallest absolute Gasteiger partial charge is 0.306 e. The lowest BCUT2D eigenvalue weighted by Gasteiger charge is -2.00. The molecule has 10 nitrogen and oxygen atoms in total. The van der Waals surface area contributed by atoms with Crippen molar-refractivity contribution in [2.45, 2.75) is 19.4 Å². The molecule has 0 aliphatic heterocycles. The second-order valence-electron chi connectivity index (χ2n) is 6.72. The lowest BCUT2D eigenvalue weighted by atomic mass is 10.2. The summed E-state index contributed by atoms with van der Waals surface area (Å²) in [4.78, 5) is 30.2. The van der Waals surface area contributed by atoms with E-state index in [0.29, 0.717) is 5.56 Å². The van der Waals surface area contributed by atoms with Crippen molar-refractivity contribution in [2.24, 2.45) is 0 Å². The summed E-state index contributed by atoms with van der Waals surface area (Å²) in [5.41, 5.74) is 0.481. The minimum atomic E-state index is -0.787. The normalized spacial score (nSPS) is 10.8. The number of aromatic nitrogens is 3. The number of aryl methyl sites for hydroxylation is 1. The van der Waals surface area contributed by atoms with Crippen LogP contribution >= 0.6 is 0 Å². The van der Waals surface area contributed by atoms with Gasteiger partial charge in [0, 0.05) is 30.2 Å². The summed E-state index contributed by atoms with van der Waals surface area (Å²) in [6.45, 7) is -0.267. The molecule has 0 aliphatic carbocycles. The third-order valence-electron chi connectivity index (χ3n) is 4.45. The largest absolute Gasteiger partial charge is 0.456 e. The van der Waals surface area contributed by atoms with E-state index in [1.54, 1.807) is 0 Å². The van der Waals surface area contributed by atoms with Crippen LogP contribution in [0.2, 0.25) is 0 Å². The number of nitro benzene ring substituents is 1. The number of benzene rings is 2. The van der Waals surface area contributed by atoms with Gasteiger partial charge in [-0.3, -0.25) is 14.9 Å². The van der Waals surface area contributed by atoms with E-state index < -0.39 is 22.5 Å². The number of hydrogen-bond donors (Lipinski definition) is 0. The van der Waals surface area contributed by atoms with Crippen LogP contribution in [0.5, 0.6) is 0 Å². The Morgan fingerprint density at radius 1 is 1.12 bits per heavy atom. The zero-order chi connectivity index (χ0) is 23.4. The molecule has 0 aliphatic rings. The second-order valence-corrected chi connectivity index (χ2v) is 6.72. The highest BCUT2D eigenvalue weighted by Gasteiger charge is 2.15. The summed E-state index contributed by atoms with van der Waals surface area (Å²) in [7, 11) is 0. The summed E-state index contributed by atoms with van der Waals surface area (Å²) < 4.78 is 42.4. The summed E-state index contributed by atoms with van der Waals surface area (Å²) in [5, 5.41) is 14.5. The maximum absolute atomic E-state index is 13.8. The number of ether oxygens (including phenoxy) is 1. The van der Waals surface area contributed by atoms with Crippen LogP contribution in [-0.4, -0.2) is 26.0 Å². The molecule has 0 unspecified atom stereocenters. The van der Waals surface area contributed by atoms with E-state index >= 15 is 0 Å². The van der Waals surface area contributed by atoms with Gasteiger partial charge in [0.05, 0.1) is 23.1 Å². The number of nitrogens with zero attached hydrogens (tertiary/aromatic N) is 4. The van der Waals surface area contributed by atoms with Gasteiger partial charge in [-0.2, -0.15) is 4.98 Å². The molecule has 0 saturated carbocycles. The third kappa shape index (κ3) is 5.23. The Hall–Kier alpha value is -4.48. The zero-order valence-corrected chi connectivity index (χ0v) is 16.7. The molecular weight excluding hydrogens is 442 g/mol. The van der Waals surface area contributed by atoms with E-state index in [0.717, 1.165) is 12.1 Å². The third-order valence-corrected chi connectivity index (χ3v) is 4.45. The van der Waals surface area contributed by atoms with Crippen LogP contribution in [0.3, 0.4) is 0 Å². The van der Waals surface area contributed by atoms with Gasteiger partial charge >= 0.3 is 5.97 Å². The van der Waals surface area contributed by atoms with E-state index in [2.05, 4.69) is 15.1 Å². The number of non-ortho nitro benzene ring substituents is 1. The molecule has 12 heteroatoms. The summed E-state index contributed by atoms with van der Waals surface area (Å²) in [5.74, 6) is -1.55. The van der Waals surface area contributed by atoms with E-state index in [9.17, 15) is 23.7 Å². The predicted molar refractivity (Wildman–Crippen MR) is 106 cm³/mol. The zero-order valence-electron chi connectivity index (χ0n) is 16.7. The fourth-order valence-corrected chi connectivity index (χ4v) is 2.83. The van der Waals surface area contributed by atoms with Crippen LogP contribution in [-0.2, 0) is 22.6 Å². The lowest BCUT2D eigenvalue weighted by Crippen LogP contribution is -2.06. The van der Waals surface area contributed by atoms with Gasteiger partial charge in [0.1, 0.15) is 11.6 Å². The molecule has 33 heavy (non-hydrogen) atoms. The molecule has 168 valence electrons. The Labute approximate surface area is 184 Å². The number of nitro groups is 1. The molecule has 0 N–H and O–H groups in total. The molecule has 0 radical (unpaired) electrons. The molecule has 2 aromatic carbocycles. The Bertz CT molecular complexity index is 1300. The fourth-order valence-electron chi connectivity index (χ4n) is 2.83. The molecule has 4 rings (SSSR count). The van der Waals surface area contributed by atoms with Gasteiger partial charge in [-0.15, -0.1) is 0 Å². The van der Waals surface area contributed by atoms with Gasteiger partial charge in [0.25, 0.3) is 11.6 Å². The highest BCUT2D eigenvalue weighted by molar-refractivity contribution is 5.69. The minimum absolute atomic E-state index is 0.0434. The van der Waals surface area contributed by atoms with Gasteiger partial charge in [-0.05, 0) is 24.3 Å². The molecule has 0 saturated heterocycles. The topological polar surface area (TPSA) is 134 Å². The first-order chi connectivity index (χ1) is 15.9. The second kappa shape index (κ2) is 9.34. The maximum Gasteiger partial charge on any atom is 0.306 e. The van der Waals surface area contributed by atoms with Crippen LogP contribution in [0.25, 0.3) is 22.7 Å². The van der Waals surface area contributed by atoms with Crippen molar-refractivity contribution >= 4 is 11.7 Å². The van der Waals surface area contributed by atoms with Crippen LogP contribution in [0.1, 0.15) is 18.2 Å². The van der Waals surface area contributed by atoms with E-state index in [1.165, 1.54) is 36.5 Å². The van der Waals surface area contributed by atoms with Crippen molar-refractivity contribution < 1.29 is 32.2 Å². The Kier molecular flexibility index (Phi) is 6.15. The van der Waals surface area contributed by atoms with E-state index in [4.69, 9.17) is 13.7 Å². The number of oxazole rings is 1. The molecule has 0 bridgehead atoms. The highest BCUT2D eigenvalue weighted by Crippen LogP contribution is 2.25. The quantitative estimate of drug-likeness (QED) is 0.216. The average Bonchev–Trinajstić information content (AvgIpc) is 3.46. The van der Waals surface area contributed by atoms with Crippen molar-refractivity contribution in [2.75, 3.05) is 0 Å². The Morgan fingerprint density at radius 2 is 1.91 bits per heavy atom. The number of rotatable bonds is 8. The first-order valence-corrected chi connectivity index (χ1v) is 9.52. The van der Waals surface area contributed by atoms with Crippen molar-refractivity contribution in [3.63, 3.8) is 0 Å². The van der Waals surface area contributed by atoms with Crippen molar-refractivity contribution in [3.05, 3.63) is 82.2 Å². The Balaban J connectivity index is 1.28. The van der Waals surface area contributed by atoms with Crippen molar-refractivity contribution in [3.8, 4) is 22.7 Å². The number of carbonyl (C=O) groups excluding carboxylic acids is 1. The fraction of sp³-hybridized carbons (Fsp3) is 0.143. The molecule has 0 fully saturated rings. The monoisotopic (exact) mass is 456 g/mol. The van der Waals surface area contributed by atoms with Gasteiger partial charge in [-0.1, -0.05) is 5.16 Å². The molecule has 0 amide bonds. The first kappa shape index (κ1) is 21.7. The van der Waals surface area contributed by atoms with Crippen molar-refractivity contribution in [1.82, 2.24) is 15.1 Å². The molecule has 2 aromatic heterocycles. The van der Waals surface area contributed by atoms with Crippen molar-refractivity contribution in [1.29, 1.82) is 0 Å². The maximum atomic E-state index is 13.8. The SMILES string of the molecule is O=C(CCc1ncc(-c2ccc(F)cc2F)o1)OCc1nc(-c2ccc([N+](=O)[O-])cc2)no1. The number of halogens is 2. The molecule has 0 spiro atoms. The van der Waals surface area contributed by atoms with E-state index in [1.807, 2.05) is 0 Å². The average molecular weight is 456 g/mol. The van der Waals surface area contributed by atoms with Gasteiger partial charge in [-0.25, -0.2) is 13.8 Å². The molecule has 0 atom stereocenters. The van der Waals surface area contributed by atoms with Gasteiger partial charge < -0.3 is 13.7 Å². The standard InChI is InChI=1S/C21H14F2N4O6/c22-13-3-6-15(16(23)9-13)17-10-24-18(32-17)7-8-20(28)31-11-19-25-21(26-33-19)12-1-4-14(5-2-12)27(29)30/h1-6,9-10H,7-8,11H2. The van der Waals surface area contributed by atoms with Gasteiger partial charge in [0.15, 0.2) is 18.3 Å². The highest BCUT2D eigenvalue weighted by atomic mass is 19.1. The Morgan fingerprint density at radius 3 is 2.64 bits per heavy atom. The van der Waals surface area contributed by atoms with Crippen LogP contribution in [0.4, 0.5) is 14.5 Å². The molecule has 4 aromatic rings. The number of carbonyl (C=O) groups is 1. The van der Waals surface area contributed by atoms with Gasteiger partial charge in [0.2, 0.25) is 5.82 Å². The van der Waals surface area contributed by atoms with Crippen LogP contribution < -0.4 is 0 Å². The minimum Gasteiger partial charge on any atom is -0.456 e. The molecular formula is C21H14F2N4O6. The predicted octanol–water partition coefficient (Wildman–Crippen LogP) is 4.25. The summed E-state index contributed by atoms with van der Waals surface area (Å²) >= 11 is 0. The summed E-state index contributed by atoms with van der Waals surface area (Å²) in [6, 6.07) is 8.64. The van der Waals surface area contributed by atoms with Crippen LogP contribution in [0, 0.1) is 21.7 Å². The van der Waals surface area contributed by atoms with E-state index in [-0.39, 0.29) is 54.1 Å². The van der Waals surface area contributed by atoms with Crippen LogP contribution in [0.15, 0.2) is 57.6 Å². The molecule has 2 heterocycles. The lowest BCUT2D eigenvalue weighted by molar-refractivity contribution is -0.384. The number of hydrogen-bond acceptors (Lipinski definition) is 9. The first-order valence-electron chi connectivity index (χ1n) is 9.52.